The van der Waals surface area contributed by atoms with Crippen molar-refractivity contribution in [3.8, 4) is 0 Å². The molecule has 3 nitrogen and oxygen atoms in total. The molecule has 0 atom stereocenters. The molecule has 3 rings (SSSR count). The van der Waals surface area contributed by atoms with Gasteiger partial charge >= 0.3 is 0 Å². The van der Waals surface area contributed by atoms with Crippen LogP contribution in [0.5, 0.6) is 0 Å². The van der Waals surface area contributed by atoms with Gasteiger partial charge in [0.1, 0.15) is 0 Å². The topological polar surface area (TPSA) is 32.3 Å². The smallest absolute Gasteiger partial charge is 0.244 e. The van der Waals surface area contributed by atoms with E-state index in [1.807, 2.05) is 22.9 Å². The summed E-state index contributed by atoms with van der Waals surface area (Å²) in [6.07, 6.45) is 5.83. The zero-order valence-corrected chi connectivity index (χ0v) is 14.7. The number of amides is 1. The van der Waals surface area contributed by atoms with Gasteiger partial charge in [0.25, 0.3) is 0 Å². The van der Waals surface area contributed by atoms with E-state index < -0.39 is 0 Å². The predicted octanol–water partition coefficient (Wildman–Crippen LogP) is 3.85. The van der Waals surface area contributed by atoms with E-state index in [1.54, 1.807) is 28.7 Å². The summed E-state index contributed by atoms with van der Waals surface area (Å²) >= 11 is 3.41. The molecule has 0 unspecified atom stereocenters. The fourth-order valence-corrected chi connectivity index (χ4v) is 4.12. The Kier molecular flexibility index (Phi) is 6.02. The summed E-state index contributed by atoms with van der Waals surface area (Å²) in [7, 11) is 0. The van der Waals surface area contributed by atoms with Crippen LogP contribution in [0.3, 0.4) is 0 Å². The summed E-state index contributed by atoms with van der Waals surface area (Å²) in [5.74, 6) is 0.615. The molecule has 5 heteroatoms. The van der Waals surface area contributed by atoms with Crippen molar-refractivity contribution in [3.05, 3.63) is 50.9 Å². The van der Waals surface area contributed by atoms with Gasteiger partial charge in [-0.3, -0.25) is 9.69 Å². The van der Waals surface area contributed by atoms with E-state index in [0.717, 1.165) is 31.7 Å². The third-order valence-corrected chi connectivity index (χ3v) is 5.66. The van der Waals surface area contributed by atoms with Crippen molar-refractivity contribution in [2.45, 2.75) is 19.4 Å². The van der Waals surface area contributed by atoms with E-state index in [0.29, 0.717) is 5.92 Å². The number of nitrogens with one attached hydrogen (secondary N) is 1. The number of hydrogen-bond donors (Lipinski definition) is 1. The second-order valence-corrected chi connectivity index (χ2v) is 7.55. The summed E-state index contributed by atoms with van der Waals surface area (Å²) < 4.78 is 0. The normalized spacial score (nSPS) is 16.9. The van der Waals surface area contributed by atoms with Gasteiger partial charge < -0.3 is 5.32 Å². The van der Waals surface area contributed by atoms with Crippen molar-refractivity contribution in [1.29, 1.82) is 0 Å². The number of hydrogen-bond acceptors (Lipinski definition) is 4. The average Bonchev–Trinajstić information content (AvgIpc) is 3.26. The molecule has 0 saturated carbocycles. The first-order valence-corrected chi connectivity index (χ1v) is 9.90. The van der Waals surface area contributed by atoms with Gasteiger partial charge in [-0.05, 0) is 82.7 Å². The fourth-order valence-electron chi connectivity index (χ4n) is 2.84. The minimum Gasteiger partial charge on any atom is -0.352 e. The summed E-state index contributed by atoms with van der Waals surface area (Å²) in [5.41, 5.74) is 2.51. The average molecular weight is 347 g/mol. The van der Waals surface area contributed by atoms with Crippen LogP contribution in [0.15, 0.2) is 39.7 Å². The third-order valence-electron chi connectivity index (χ3n) is 4.23. The van der Waals surface area contributed by atoms with Crippen LogP contribution in [0.4, 0.5) is 0 Å². The highest BCUT2D eigenvalue weighted by molar-refractivity contribution is 7.08. The van der Waals surface area contributed by atoms with Crippen molar-refractivity contribution < 1.29 is 4.79 Å². The van der Waals surface area contributed by atoms with E-state index in [9.17, 15) is 4.79 Å². The summed E-state index contributed by atoms with van der Waals surface area (Å²) in [6, 6.07) is 4.22. The molecule has 1 fully saturated rings. The Morgan fingerprint density at radius 3 is 2.70 bits per heavy atom. The number of carbonyl (C=O) groups is 1. The highest BCUT2D eigenvalue weighted by Crippen LogP contribution is 2.19. The molecule has 23 heavy (non-hydrogen) atoms. The number of thiophene rings is 2. The minimum atomic E-state index is 0.0110. The van der Waals surface area contributed by atoms with Gasteiger partial charge in [0.05, 0.1) is 0 Å². The van der Waals surface area contributed by atoms with Crippen molar-refractivity contribution in [3.63, 3.8) is 0 Å². The van der Waals surface area contributed by atoms with E-state index in [-0.39, 0.29) is 5.91 Å². The van der Waals surface area contributed by atoms with E-state index in [4.69, 9.17) is 0 Å². The molecule has 1 N–H and O–H groups in total. The molecule has 122 valence electrons. The lowest BCUT2D eigenvalue weighted by atomic mass is 9.96. The second kappa shape index (κ2) is 8.43. The lowest BCUT2D eigenvalue weighted by Crippen LogP contribution is -2.37. The van der Waals surface area contributed by atoms with E-state index >= 15 is 0 Å². The maximum absolute atomic E-state index is 11.9. The Morgan fingerprint density at radius 2 is 2.00 bits per heavy atom. The van der Waals surface area contributed by atoms with Crippen LogP contribution >= 0.6 is 22.7 Å². The molecule has 2 aromatic heterocycles. The Hall–Kier alpha value is -1.43. The van der Waals surface area contributed by atoms with Crippen molar-refractivity contribution >= 4 is 34.7 Å². The molecule has 1 saturated heterocycles. The highest BCUT2D eigenvalue weighted by atomic mass is 32.1. The largest absolute Gasteiger partial charge is 0.352 e. The molecular weight excluding hydrogens is 324 g/mol. The zero-order valence-electron chi connectivity index (χ0n) is 13.1. The number of nitrogens with zero attached hydrogens (tertiary/aromatic N) is 1. The van der Waals surface area contributed by atoms with Gasteiger partial charge in [-0.15, -0.1) is 0 Å². The van der Waals surface area contributed by atoms with Crippen molar-refractivity contribution in [2.24, 2.45) is 5.92 Å². The fraction of sp³-hybridized carbons (Fsp3) is 0.389. The van der Waals surface area contributed by atoms with Gasteiger partial charge in [0, 0.05) is 19.2 Å². The van der Waals surface area contributed by atoms with Crippen LogP contribution < -0.4 is 5.32 Å². The Bertz CT molecular complexity index is 612. The van der Waals surface area contributed by atoms with Crippen molar-refractivity contribution in [2.75, 3.05) is 19.6 Å². The number of carbonyl (C=O) groups excluding carboxylic acids is 1. The van der Waals surface area contributed by atoms with Gasteiger partial charge in [-0.2, -0.15) is 22.7 Å². The van der Waals surface area contributed by atoms with Gasteiger partial charge in [-0.25, -0.2) is 0 Å². The third kappa shape index (κ3) is 5.30. The number of rotatable bonds is 6. The first kappa shape index (κ1) is 16.4. The highest BCUT2D eigenvalue weighted by Gasteiger charge is 2.19. The molecule has 0 aliphatic carbocycles. The SMILES string of the molecule is O=C(/C=C/c1ccsc1)NCC1CCN(Cc2ccsc2)CC1. The standard InChI is InChI=1S/C18H22N2OS2/c21-18(2-1-16-5-9-22-13-16)19-11-15-3-7-20(8-4-15)12-17-6-10-23-14-17/h1-2,5-6,9-10,13-15H,3-4,7-8,11-12H2,(H,19,21)/b2-1+. The Labute approximate surface area is 145 Å². The molecular formula is C18H22N2OS2. The molecule has 0 radical (unpaired) electrons. The zero-order chi connectivity index (χ0) is 15.9. The second-order valence-electron chi connectivity index (χ2n) is 5.99. The molecule has 0 aromatic carbocycles. The molecule has 0 spiro atoms. The molecule has 1 aliphatic heterocycles. The lowest BCUT2D eigenvalue weighted by Gasteiger charge is -2.31. The van der Waals surface area contributed by atoms with E-state index in [1.165, 1.54) is 18.4 Å². The molecule has 0 bridgehead atoms. The molecule has 2 aromatic rings. The quantitative estimate of drug-likeness (QED) is 0.806. The first-order valence-electron chi connectivity index (χ1n) is 8.01. The van der Waals surface area contributed by atoms with Gasteiger partial charge in [-0.1, -0.05) is 0 Å². The summed E-state index contributed by atoms with van der Waals surface area (Å²) in [4.78, 5) is 14.4. The molecule has 1 aliphatic rings. The summed E-state index contributed by atoms with van der Waals surface area (Å²) in [5, 5.41) is 11.5. The Morgan fingerprint density at radius 1 is 1.22 bits per heavy atom. The molecule has 1 amide bonds. The lowest BCUT2D eigenvalue weighted by molar-refractivity contribution is -0.116. The van der Waals surface area contributed by atoms with Crippen LogP contribution in [-0.4, -0.2) is 30.4 Å². The van der Waals surface area contributed by atoms with Crippen molar-refractivity contribution in [1.82, 2.24) is 10.2 Å². The van der Waals surface area contributed by atoms with Crippen LogP contribution in [0.1, 0.15) is 24.0 Å². The van der Waals surface area contributed by atoms with Crippen LogP contribution in [0.2, 0.25) is 0 Å². The number of likely N-dealkylation sites (tertiary alicyclic amines) is 1. The maximum Gasteiger partial charge on any atom is 0.244 e. The van der Waals surface area contributed by atoms with E-state index in [2.05, 4.69) is 27.0 Å². The predicted molar refractivity (Wildman–Crippen MR) is 98.7 cm³/mol. The van der Waals surface area contributed by atoms with Crippen LogP contribution in [0, 0.1) is 5.92 Å². The Balaban J connectivity index is 1.35. The van der Waals surface area contributed by atoms with Crippen LogP contribution in [-0.2, 0) is 11.3 Å². The van der Waals surface area contributed by atoms with Gasteiger partial charge in [0.15, 0.2) is 0 Å². The monoisotopic (exact) mass is 346 g/mol. The van der Waals surface area contributed by atoms with Gasteiger partial charge in [0.2, 0.25) is 5.91 Å². The van der Waals surface area contributed by atoms with Crippen LogP contribution in [0.25, 0.3) is 6.08 Å². The first-order chi connectivity index (χ1) is 11.3. The minimum absolute atomic E-state index is 0.0110. The molecule has 3 heterocycles. The summed E-state index contributed by atoms with van der Waals surface area (Å²) in [6.45, 7) is 4.10. The maximum atomic E-state index is 11.9. The number of piperidine rings is 1.